The third-order valence-corrected chi connectivity index (χ3v) is 7.20. The molecule has 8 nitrogen and oxygen atoms in total. The molecule has 0 saturated carbocycles. The van der Waals surface area contributed by atoms with Crippen LogP contribution < -0.4 is 0 Å². The number of ether oxygens (including phenoxy) is 1. The Morgan fingerprint density at radius 2 is 1.65 bits per heavy atom. The van der Waals surface area contributed by atoms with Crippen molar-refractivity contribution in [1.29, 1.82) is 0 Å². The number of piperazine rings is 1. The number of aromatic nitrogens is 2. The summed E-state index contributed by atoms with van der Waals surface area (Å²) in [5.74, 6) is -0.669. The van der Waals surface area contributed by atoms with Gasteiger partial charge in [0.05, 0.1) is 12.3 Å². The summed E-state index contributed by atoms with van der Waals surface area (Å²) in [5.41, 5.74) is 3.04. The average molecular weight is 543 g/mol. The van der Waals surface area contributed by atoms with E-state index in [1.165, 1.54) is 18.4 Å². The van der Waals surface area contributed by atoms with Crippen molar-refractivity contribution in [3.05, 3.63) is 82.8 Å². The highest BCUT2D eigenvalue weighted by Crippen LogP contribution is 2.26. The van der Waals surface area contributed by atoms with Gasteiger partial charge in [-0.3, -0.25) is 9.59 Å². The first-order valence-corrected chi connectivity index (χ1v) is 14.1. The number of carbonyl (C=O) groups is 3. The molecule has 0 bridgehead atoms. The van der Waals surface area contributed by atoms with Crippen LogP contribution in [0.1, 0.15) is 82.6 Å². The third-order valence-electron chi connectivity index (χ3n) is 7.20. The molecule has 2 heterocycles. The van der Waals surface area contributed by atoms with Gasteiger partial charge in [-0.15, -0.1) is 0 Å². The van der Waals surface area contributed by atoms with E-state index in [-0.39, 0.29) is 35.7 Å². The summed E-state index contributed by atoms with van der Waals surface area (Å²) in [6, 6.07) is 16.9. The molecule has 0 N–H and O–H groups in total. The molecule has 4 rings (SSSR count). The molecule has 0 spiro atoms. The molecule has 1 aromatic heterocycles. The Hall–Kier alpha value is -4.07. The minimum absolute atomic E-state index is 0.0236. The predicted molar refractivity (Wildman–Crippen MR) is 154 cm³/mol. The normalized spacial score (nSPS) is 15.2. The molecule has 2 aromatic carbocycles. The van der Waals surface area contributed by atoms with E-state index in [9.17, 15) is 14.4 Å². The molecule has 1 saturated heterocycles. The number of esters is 1. The molecule has 0 aliphatic carbocycles. The Bertz CT molecular complexity index is 1340. The summed E-state index contributed by atoms with van der Waals surface area (Å²) in [5, 5.41) is 0. The van der Waals surface area contributed by atoms with Gasteiger partial charge in [0.15, 0.2) is 0 Å². The maximum Gasteiger partial charge on any atom is 0.342 e. The molecule has 1 fully saturated rings. The zero-order valence-corrected chi connectivity index (χ0v) is 23.9. The van der Waals surface area contributed by atoms with Crippen LogP contribution in [0.2, 0.25) is 0 Å². The SMILES string of the molecule is CCCCCc1ccc(C(=O)N2CCN(C(=O)c3nc(C)nc(-c4ccccc4)c3C(=O)OCC)CC2C)cc1. The lowest BCUT2D eigenvalue weighted by molar-refractivity contribution is 0.0406. The van der Waals surface area contributed by atoms with Gasteiger partial charge in [-0.05, 0) is 51.3 Å². The summed E-state index contributed by atoms with van der Waals surface area (Å²) < 4.78 is 5.32. The van der Waals surface area contributed by atoms with Gasteiger partial charge in [0.1, 0.15) is 17.1 Å². The number of unbranched alkanes of at least 4 members (excludes halogenated alkanes) is 2. The van der Waals surface area contributed by atoms with Crippen molar-refractivity contribution in [2.24, 2.45) is 0 Å². The summed E-state index contributed by atoms with van der Waals surface area (Å²) in [4.78, 5) is 52.6. The molecule has 210 valence electrons. The van der Waals surface area contributed by atoms with Crippen LogP contribution in [0.15, 0.2) is 54.6 Å². The van der Waals surface area contributed by atoms with E-state index in [0.717, 1.165) is 12.8 Å². The number of hydrogen-bond acceptors (Lipinski definition) is 6. The lowest BCUT2D eigenvalue weighted by Crippen LogP contribution is -2.55. The van der Waals surface area contributed by atoms with Gasteiger partial charge in [-0.1, -0.05) is 62.2 Å². The van der Waals surface area contributed by atoms with Crippen LogP contribution in [-0.4, -0.2) is 69.8 Å². The van der Waals surface area contributed by atoms with Crippen molar-refractivity contribution < 1.29 is 19.1 Å². The minimum atomic E-state index is -0.635. The molecule has 1 unspecified atom stereocenters. The highest BCUT2D eigenvalue weighted by atomic mass is 16.5. The van der Waals surface area contributed by atoms with E-state index in [2.05, 4.69) is 16.9 Å². The maximum atomic E-state index is 13.8. The zero-order valence-electron chi connectivity index (χ0n) is 23.9. The van der Waals surface area contributed by atoms with Crippen molar-refractivity contribution in [2.45, 2.75) is 59.4 Å². The van der Waals surface area contributed by atoms with Gasteiger partial charge < -0.3 is 14.5 Å². The first-order valence-electron chi connectivity index (χ1n) is 14.1. The van der Waals surface area contributed by atoms with Crippen molar-refractivity contribution >= 4 is 17.8 Å². The van der Waals surface area contributed by atoms with Gasteiger partial charge >= 0.3 is 5.97 Å². The molecular formula is C32H38N4O4. The molecule has 40 heavy (non-hydrogen) atoms. The van der Waals surface area contributed by atoms with Crippen molar-refractivity contribution in [3.8, 4) is 11.3 Å². The van der Waals surface area contributed by atoms with E-state index in [1.54, 1.807) is 18.7 Å². The molecule has 8 heteroatoms. The van der Waals surface area contributed by atoms with Crippen LogP contribution in [0.5, 0.6) is 0 Å². The van der Waals surface area contributed by atoms with Crippen LogP contribution in [-0.2, 0) is 11.2 Å². The highest BCUT2D eigenvalue weighted by molar-refractivity contribution is 6.07. The Labute approximate surface area is 236 Å². The van der Waals surface area contributed by atoms with Gasteiger partial charge in [-0.2, -0.15) is 0 Å². The monoisotopic (exact) mass is 542 g/mol. The van der Waals surface area contributed by atoms with Crippen LogP contribution in [0.4, 0.5) is 0 Å². The second-order valence-electron chi connectivity index (χ2n) is 10.2. The Morgan fingerprint density at radius 3 is 2.30 bits per heavy atom. The summed E-state index contributed by atoms with van der Waals surface area (Å²) >= 11 is 0. The summed E-state index contributed by atoms with van der Waals surface area (Å²) in [6.45, 7) is 8.73. The van der Waals surface area contributed by atoms with E-state index in [0.29, 0.717) is 42.3 Å². The molecule has 3 aromatic rings. The van der Waals surface area contributed by atoms with E-state index < -0.39 is 5.97 Å². The standard InChI is InChI=1S/C32H38N4O4/c1-5-7-9-12-24-15-17-26(18-16-24)30(37)36-20-19-35(21-22(36)3)31(38)29-27(32(39)40-6-2)28(33-23(4)34-29)25-13-10-8-11-14-25/h8,10-11,13-18,22H,5-7,9,12,19-21H2,1-4H3. The predicted octanol–water partition coefficient (Wildman–Crippen LogP) is 5.35. The quantitative estimate of drug-likeness (QED) is 0.267. The molecule has 1 aliphatic heterocycles. The molecule has 0 radical (unpaired) electrons. The molecule has 1 aliphatic rings. The van der Waals surface area contributed by atoms with Gasteiger partial charge in [0, 0.05) is 36.8 Å². The zero-order chi connectivity index (χ0) is 28.6. The van der Waals surface area contributed by atoms with E-state index in [1.807, 2.05) is 66.4 Å². The number of aryl methyl sites for hydroxylation is 2. The van der Waals surface area contributed by atoms with Crippen LogP contribution in [0.3, 0.4) is 0 Å². The maximum absolute atomic E-state index is 13.8. The third kappa shape index (κ3) is 6.55. The fourth-order valence-corrected chi connectivity index (χ4v) is 5.08. The molecular weight excluding hydrogens is 504 g/mol. The van der Waals surface area contributed by atoms with Gasteiger partial charge in [0.2, 0.25) is 0 Å². The smallest absolute Gasteiger partial charge is 0.342 e. The fourth-order valence-electron chi connectivity index (χ4n) is 5.08. The van der Waals surface area contributed by atoms with Gasteiger partial charge in [0.25, 0.3) is 11.8 Å². The van der Waals surface area contributed by atoms with Crippen LogP contribution in [0.25, 0.3) is 11.3 Å². The largest absolute Gasteiger partial charge is 0.462 e. The lowest BCUT2D eigenvalue weighted by Gasteiger charge is -2.40. The number of rotatable bonds is 9. The first-order chi connectivity index (χ1) is 19.3. The Morgan fingerprint density at radius 1 is 0.925 bits per heavy atom. The summed E-state index contributed by atoms with van der Waals surface area (Å²) in [7, 11) is 0. The topological polar surface area (TPSA) is 92.7 Å². The van der Waals surface area contributed by atoms with Crippen LogP contribution in [0, 0.1) is 6.92 Å². The molecule has 2 amide bonds. The van der Waals surface area contributed by atoms with Crippen molar-refractivity contribution in [1.82, 2.24) is 19.8 Å². The van der Waals surface area contributed by atoms with Crippen molar-refractivity contribution in [2.75, 3.05) is 26.2 Å². The number of carbonyl (C=O) groups excluding carboxylic acids is 3. The second-order valence-corrected chi connectivity index (χ2v) is 10.2. The fraction of sp³-hybridized carbons (Fsp3) is 0.406. The highest BCUT2D eigenvalue weighted by Gasteiger charge is 2.34. The van der Waals surface area contributed by atoms with Crippen LogP contribution >= 0.6 is 0 Å². The Kier molecular flexibility index (Phi) is 9.64. The van der Waals surface area contributed by atoms with Crippen molar-refractivity contribution in [3.63, 3.8) is 0 Å². The van der Waals surface area contributed by atoms with Gasteiger partial charge in [-0.25, -0.2) is 14.8 Å². The average Bonchev–Trinajstić information content (AvgIpc) is 2.97. The lowest BCUT2D eigenvalue weighted by atomic mass is 10.0. The van der Waals surface area contributed by atoms with E-state index >= 15 is 0 Å². The number of hydrogen-bond donors (Lipinski definition) is 0. The minimum Gasteiger partial charge on any atom is -0.462 e. The first kappa shape index (κ1) is 28.9. The van der Waals surface area contributed by atoms with E-state index in [4.69, 9.17) is 4.74 Å². The summed E-state index contributed by atoms with van der Waals surface area (Å²) in [6.07, 6.45) is 4.54. The Balaban J connectivity index is 1.54. The number of nitrogens with zero attached hydrogens (tertiary/aromatic N) is 4. The number of amides is 2. The number of benzene rings is 2. The second kappa shape index (κ2) is 13.3. The molecule has 1 atom stereocenters.